The minimum absolute atomic E-state index is 0.232. The topological polar surface area (TPSA) is 37.8 Å². The van der Waals surface area contributed by atoms with E-state index >= 15 is 0 Å². The highest BCUT2D eigenvalue weighted by molar-refractivity contribution is 7.19. The molecule has 1 N–H and O–H groups in total. The van der Waals surface area contributed by atoms with Gasteiger partial charge in [0.15, 0.2) is 0 Å². The number of aryl methyl sites for hydroxylation is 1. The third-order valence-corrected chi connectivity index (χ3v) is 5.00. The Kier molecular flexibility index (Phi) is 4.50. The van der Waals surface area contributed by atoms with E-state index in [-0.39, 0.29) is 17.1 Å². The molecule has 0 saturated carbocycles. The number of rotatable bonds is 4. The molecule has 0 amide bonds. The average molecular weight is 350 g/mol. The van der Waals surface area contributed by atoms with Gasteiger partial charge in [0.2, 0.25) is 5.28 Å². The number of nitrogens with one attached hydrogen (secondary N) is 1. The fourth-order valence-corrected chi connectivity index (χ4v) is 3.75. The van der Waals surface area contributed by atoms with E-state index in [0.29, 0.717) is 0 Å². The van der Waals surface area contributed by atoms with Crippen LogP contribution < -0.4 is 5.32 Å². The predicted octanol–water partition coefficient (Wildman–Crippen LogP) is 5.67. The normalized spacial score (nSPS) is 12.6. The van der Waals surface area contributed by atoms with Crippen molar-refractivity contribution in [3.8, 4) is 11.1 Å². The maximum atomic E-state index is 13.2. The van der Waals surface area contributed by atoms with Crippen LogP contribution in [0.5, 0.6) is 0 Å². The summed E-state index contributed by atoms with van der Waals surface area (Å²) >= 11 is 7.65. The average Bonchev–Trinajstić information content (AvgIpc) is 2.84. The van der Waals surface area contributed by atoms with Crippen molar-refractivity contribution in [1.29, 1.82) is 0 Å². The SMILES string of the molecule is CCC(C)Nc1nc(Cl)nc2sc(C)c(-c3ccc(F)cc3)c12. The molecule has 2 aromatic heterocycles. The summed E-state index contributed by atoms with van der Waals surface area (Å²) in [5.74, 6) is 0.487. The Labute approximate surface area is 143 Å². The first kappa shape index (κ1) is 16.1. The van der Waals surface area contributed by atoms with E-state index in [2.05, 4.69) is 29.1 Å². The monoisotopic (exact) mass is 349 g/mol. The first-order valence-electron chi connectivity index (χ1n) is 7.48. The molecule has 120 valence electrons. The minimum atomic E-state index is -0.247. The fraction of sp³-hybridized carbons (Fsp3) is 0.294. The number of thiophene rings is 1. The molecule has 23 heavy (non-hydrogen) atoms. The van der Waals surface area contributed by atoms with Gasteiger partial charge in [-0.3, -0.25) is 0 Å². The van der Waals surface area contributed by atoms with Crippen LogP contribution in [0.2, 0.25) is 5.28 Å². The second-order valence-electron chi connectivity index (χ2n) is 5.52. The molecular formula is C17H17ClFN3S. The van der Waals surface area contributed by atoms with Crippen molar-refractivity contribution < 1.29 is 4.39 Å². The number of nitrogens with zero attached hydrogens (tertiary/aromatic N) is 2. The molecule has 1 atom stereocenters. The molecule has 0 radical (unpaired) electrons. The lowest BCUT2D eigenvalue weighted by atomic mass is 10.0. The highest BCUT2D eigenvalue weighted by Gasteiger charge is 2.19. The van der Waals surface area contributed by atoms with Gasteiger partial charge >= 0.3 is 0 Å². The summed E-state index contributed by atoms with van der Waals surface area (Å²) in [6, 6.07) is 6.77. The second kappa shape index (κ2) is 6.42. The first-order chi connectivity index (χ1) is 11.0. The lowest BCUT2D eigenvalue weighted by Gasteiger charge is -2.14. The van der Waals surface area contributed by atoms with E-state index in [0.717, 1.165) is 38.5 Å². The zero-order chi connectivity index (χ0) is 16.6. The van der Waals surface area contributed by atoms with Crippen LogP contribution in [0.15, 0.2) is 24.3 Å². The van der Waals surface area contributed by atoms with Gasteiger partial charge in [0, 0.05) is 16.5 Å². The third kappa shape index (κ3) is 3.16. The highest BCUT2D eigenvalue weighted by Crippen LogP contribution is 2.41. The van der Waals surface area contributed by atoms with Crippen LogP contribution >= 0.6 is 22.9 Å². The van der Waals surface area contributed by atoms with E-state index in [1.54, 1.807) is 23.5 Å². The van der Waals surface area contributed by atoms with E-state index in [1.165, 1.54) is 12.1 Å². The number of anilines is 1. The lowest BCUT2D eigenvalue weighted by Crippen LogP contribution is -2.15. The molecule has 3 nitrogen and oxygen atoms in total. The van der Waals surface area contributed by atoms with E-state index in [9.17, 15) is 4.39 Å². The molecule has 2 heterocycles. The number of benzene rings is 1. The predicted molar refractivity (Wildman–Crippen MR) is 95.9 cm³/mol. The Hall–Kier alpha value is -1.72. The summed E-state index contributed by atoms with van der Waals surface area (Å²) in [6.45, 7) is 6.24. The summed E-state index contributed by atoms with van der Waals surface area (Å²) < 4.78 is 13.2. The zero-order valence-electron chi connectivity index (χ0n) is 13.2. The van der Waals surface area contributed by atoms with Crippen LogP contribution in [0.25, 0.3) is 21.3 Å². The maximum Gasteiger partial charge on any atom is 0.225 e. The maximum absolute atomic E-state index is 13.2. The summed E-state index contributed by atoms with van der Waals surface area (Å²) in [5.41, 5.74) is 1.99. The molecule has 3 aromatic rings. The highest BCUT2D eigenvalue weighted by atomic mass is 35.5. The summed E-state index contributed by atoms with van der Waals surface area (Å²) in [6.07, 6.45) is 0.970. The Bertz CT molecular complexity index is 845. The lowest BCUT2D eigenvalue weighted by molar-refractivity contribution is 0.628. The van der Waals surface area contributed by atoms with Crippen LogP contribution in [0.1, 0.15) is 25.1 Å². The Balaban J connectivity index is 2.24. The molecule has 0 fully saturated rings. The van der Waals surface area contributed by atoms with E-state index < -0.39 is 0 Å². The van der Waals surface area contributed by atoms with Gasteiger partial charge in [-0.25, -0.2) is 14.4 Å². The molecule has 0 aliphatic carbocycles. The van der Waals surface area contributed by atoms with Crippen molar-refractivity contribution in [2.24, 2.45) is 0 Å². The molecular weight excluding hydrogens is 333 g/mol. The summed E-state index contributed by atoms with van der Waals surface area (Å²) in [4.78, 5) is 10.7. The molecule has 0 bridgehead atoms. The molecule has 1 unspecified atom stereocenters. The number of hydrogen-bond donors (Lipinski definition) is 1. The van der Waals surface area contributed by atoms with Gasteiger partial charge in [-0.15, -0.1) is 11.3 Å². The fourth-order valence-electron chi connectivity index (χ4n) is 2.49. The van der Waals surface area contributed by atoms with Crippen molar-refractivity contribution in [1.82, 2.24) is 9.97 Å². The van der Waals surface area contributed by atoms with Crippen molar-refractivity contribution in [2.45, 2.75) is 33.2 Å². The van der Waals surface area contributed by atoms with Gasteiger partial charge in [-0.2, -0.15) is 0 Å². The van der Waals surface area contributed by atoms with Crippen LogP contribution in [-0.4, -0.2) is 16.0 Å². The number of halogens is 2. The standard InChI is InChI=1S/C17H17ClFN3S/c1-4-9(2)20-15-14-13(11-5-7-12(19)8-6-11)10(3)23-16(14)22-17(18)21-15/h5-9H,4H2,1-3H3,(H,20,21,22). The van der Waals surface area contributed by atoms with Crippen molar-refractivity contribution in [3.05, 3.63) is 40.2 Å². The van der Waals surface area contributed by atoms with Crippen LogP contribution in [0.4, 0.5) is 10.2 Å². The number of aromatic nitrogens is 2. The molecule has 0 aliphatic heterocycles. The van der Waals surface area contributed by atoms with Gasteiger partial charge in [0.05, 0.1) is 5.39 Å². The summed E-state index contributed by atoms with van der Waals surface area (Å²) in [5, 5.41) is 4.59. The first-order valence-corrected chi connectivity index (χ1v) is 8.68. The number of hydrogen-bond acceptors (Lipinski definition) is 4. The quantitative estimate of drug-likeness (QED) is 0.616. The molecule has 0 aliphatic rings. The molecule has 0 saturated heterocycles. The number of fused-ring (bicyclic) bond motifs is 1. The van der Waals surface area contributed by atoms with Crippen molar-refractivity contribution in [2.75, 3.05) is 5.32 Å². The molecule has 0 spiro atoms. The van der Waals surface area contributed by atoms with Gasteiger partial charge < -0.3 is 5.32 Å². The molecule has 3 rings (SSSR count). The van der Waals surface area contributed by atoms with Gasteiger partial charge in [-0.05, 0) is 49.6 Å². The Morgan fingerprint density at radius 3 is 2.61 bits per heavy atom. The largest absolute Gasteiger partial charge is 0.367 e. The Morgan fingerprint density at radius 1 is 1.26 bits per heavy atom. The second-order valence-corrected chi connectivity index (χ2v) is 7.06. The molecule has 1 aromatic carbocycles. The summed E-state index contributed by atoms with van der Waals surface area (Å²) in [7, 11) is 0. The van der Waals surface area contributed by atoms with Crippen molar-refractivity contribution >= 4 is 39.0 Å². The van der Waals surface area contributed by atoms with Gasteiger partial charge in [0.25, 0.3) is 0 Å². The van der Waals surface area contributed by atoms with E-state index in [1.807, 2.05) is 6.92 Å². The van der Waals surface area contributed by atoms with Crippen LogP contribution in [0.3, 0.4) is 0 Å². The van der Waals surface area contributed by atoms with Crippen molar-refractivity contribution in [3.63, 3.8) is 0 Å². The van der Waals surface area contributed by atoms with Crippen LogP contribution in [0, 0.1) is 12.7 Å². The van der Waals surface area contributed by atoms with Gasteiger partial charge in [0.1, 0.15) is 16.5 Å². The van der Waals surface area contributed by atoms with Gasteiger partial charge in [-0.1, -0.05) is 19.1 Å². The Morgan fingerprint density at radius 2 is 1.96 bits per heavy atom. The zero-order valence-corrected chi connectivity index (χ0v) is 14.7. The molecule has 6 heteroatoms. The van der Waals surface area contributed by atoms with Crippen LogP contribution in [-0.2, 0) is 0 Å². The third-order valence-electron chi connectivity index (χ3n) is 3.83. The minimum Gasteiger partial charge on any atom is -0.367 e. The van der Waals surface area contributed by atoms with E-state index in [4.69, 9.17) is 11.6 Å². The smallest absolute Gasteiger partial charge is 0.225 e.